The normalized spacial score (nSPS) is 21.2. The maximum Gasteiger partial charge on any atom is 0.257 e. The monoisotopic (exact) mass is 136 g/mol. The number of carbonyl (C=O) groups excluding carboxylic acids is 2. The van der Waals surface area contributed by atoms with Crippen LogP contribution in [-0.2, 0) is 9.59 Å². The van der Waals surface area contributed by atoms with Crippen molar-refractivity contribution in [1.82, 2.24) is 10.6 Å². The van der Waals surface area contributed by atoms with Crippen molar-refractivity contribution in [2.24, 2.45) is 0 Å². The van der Waals surface area contributed by atoms with E-state index in [1.807, 2.05) is 0 Å². The summed E-state index contributed by atoms with van der Waals surface area (Å²) < 4.78 is 0. The van der Waals surface area contributed by atoms with Gasteiger partial charge in [0.05, 0.1) is 11.1 Å². The zero-order valence-corrected chi connectivity index (χ0v) is 4.97. The van der Waals surface area contributed by atoms with Gasteiger partial charge in [-0.25, -0.2) is 0 Å². The van der Waals surface area contributed by atoms with Crippen LogP contribution in [0, 0.1) is 0 Å². The van der Waals surface area contributed by atoms with Crippen LogP contribution in [-0.4, -0.2) is 11.8 Å². The summed E-state index contributed by atoms with van der Waals surface area (Å²) in [5.41, 5.74) is 0.870. The highest BCUT2D eigenvalue weighted by Crippen LogP contribution is 2.18. The first kappa shape index (κ1) is 5.22. The van der Waals surface area contributed by atoms with Crippen molar-refractivity contribution in [3.8, 4) is 0 Å². The minimum Gasteiger partial charge on any atom is -0.328 e. The Labute approximate surface area is 56.6 Å². The Kier molecular flexibility index (Phi) is 0.768. The van der Waals surface area contributed by atoms with Crippen molar-refractivity contribution >= 4 is 11.8 Å². The zero-order valence-electron chi connectivity index (χ0n) is 4.97. The van der Waals surface area contributed by atoms with Gasteiger partial charge in [0.15, 0.2) is 0 Å². The quantitative estimate of drug-likeness (QED) is 0.449. The highest BCUT2D eigenvalue weighted by molar-refractivity contribution is 6.17. The zero-order chi connectivity index (χ0) is 7.14. The van der Waals surface area contributed by atoms with Crippen LogP contribution < -0.4 is 10.6 Å². The molecule has 0 unspecified atom stereocenters. The molecule has 0 bridgehead atoms. The number of fused-ring (bicyclic) bond motifs is 1. The number of hydrogen-bond acceptors (Lipinski definition) is 2. The van der Waals surface area contributed by atoms with Gasteiger partial charge < -0.3 is 10.6 Å². The Morgan fingerprint density at radius 2 is 1.30 bits per heavy atom. The minimum absolute atomic E-state index is 0.214. The third kappa shape index (κ3) is 0.452. The number of rotatable bonds is 0. The highest BCUT2D eigenvalue weighted by Gasteiger charge is 2.29. The van der Waals surface area contributed by atoms with Crippen LogP contribution in [0.5, 0.6) is 0 Å². The first-order valence-corrected chi connectivity index (χ1v) is 2.81. The Morgan fingerprint density at radius 3 is 1.70 bits per heavy atom. The Hall–Kier alpha value is -1.58. The average Bonchev–Trinajstić information content (AvgIpc) is 2.41. The van der Waals surface area contributed by atoms with Gasteiger partial charge in [-0.05, 0) is 0 Å². The molecule has 0 radical (unpaired) electrons. The van der Waals surface area contributed by atoms with Gasteiger partial charge >= 0.3 is 0 Å². The molecule has 0 saturated carbocycles. The topological polar surface area (TPSA) is 58.2 Å². The minimum atomic E-state index is -0.214. The molecule has 0 aromatic rings. The molecule has 2 rings (SSSR count). The molecule has 4 heteroatoms. The third-order valence-corrected chi connectivity index (χ3v) is 1.47. The molecule has 50 valence electrons. The van der Waals surface area contributed by atoms with E-state index in [0.717, 1.165) is 0 Å². The summed E-state index contributed by atoms with van der Waals surface area (Å²) in [6.07, 6.45) is 2.83. The van der Waals surface area contributed by atoms with E-state index in [-0.39, 0.29) is 11.8 Å². The van der Waals surface area contributed by atoms with Gasteiger partial charge in [0.1, 0.15) is 0 Å². The van der Waals surface area contributed by atoms with Crippen LogP contribution >= 0.6 is 0 Å². The molecule has 0 atom stereocenters. The number of carbonyl (C=O) groups is 2. The van der Waals surface area contributed by atoms with Crippen LogP contribution in [0.2, 0.25) is 0 Å². The summed E-state index contributed by atoms with van der Waals surface area (Å²) in [6, 6.07) is 0. The van der Waals surface area contributed by atoms with Gasteiger partial charge in [-0.1, -0.05) is 0 Å². The van der Waals surface area contributed by atoms with E-state index >= 15 is 0 Å². The molecule has 0 aromatic heterocycles. The predicted octanol–water partition coefficient (Wildman–Crippen LogP) is -0.986. The van der Waals surface area contributed by atoms with Crippen molar-refractivity contribution in [3.05, 3.63) is 23.5 Å². The van der Waals surface area contributed by atoms with Gasteiger partial charge in [0.25, 0.3) is 11.8 Å². The number of hydrogen-bond donors (Lipinski definition) is 2. The lowest BCUT2D eigenvalue weighted by molar-refractivity contribution is -0.117. The van der Waals surface area contributed by atoms with Gasteiger partial charge in [-0.15, -0.1) is 0 Å². The predicted molar refractivity (Wildman–Crippen MR) is 32.5 cm³/mol. The Balaban J connectivity index is 2.50. The average molecular weight is 136 g/mol. The largest absolute Gasteiger partial charge is 0.328 e. The fourth-order valence-corrected chi connectivity index (χ4v) is 0.962. The van der Waals surface area contributed by atoms with E-state index in [4.69, 9.17) is 0 Å². The molecule has 0 saturated heterocycles. The molecule has 10 heavy (non-hydrogen) atoms. The van der Waals surface area contributed by atoms with E-state index in [1.54, 1.807) is 0 Å². The van der Waals surface area contributed by atoms with E-state index in [9.17, 15) is 9.59 Å². The van der Waals surface area contributed by atoms with Crippen LogP contribution in [0.15, 0.2) is 23.5 Å². The van der Waals surface area contributed by atoms with Crippen molar-refractivity contribution in [2.75, 3.05) is 0 Å². The van der Waals surface area contributed by atoms with Crippen molar-refractivity contribution in [1.29, 1.82) is 0 Å². The molecular formula is C6H4N2O2. The summed E-state index contributed by atoms with van der Waals surface area (Å²) in [4.78, 5) is 21.6. The lowest BCUT2D eigenvalue weighted by Gasteiger charge is -1.85. The standard InChI is InChI=1S/C6H4N2O2/c9-5-3-1-7-6(10)4(3)2-8-5/h1-2H,(H,7,10)(H,8,9). The van der Waals surface area contributed by atoms with Gasteiger partial charge in [-0.2, -0.15) is 0 Å². The molecule has 0 aromatic carbocycles. The molecule has 0 fully saturated rings. The van der Waals surface area contributed by atoms with Crippen LogP contribution in [0.4, 0.5) is 0 Å². The molecule has 0 spiro atoms. The molecular weight excluding hydrogens is 132 g/mol. The van der Waals surface area contributed by atoms with Crippen LogP contribution in [0.3, 0.4) is 0 Å². The van der Waals surface area contributed by atoms with E-state index in [1.165, 1.54) is 12.4 Å². The summed E-state index contributed by atoms with van der Waals surface area (Å²) in [5, 5.41) is 4.84. The number of amides is 2. The molecule has 2 aliphatic rings. The van der Waals surface area contributed by atoms with E-state index < -0.39 is 0 Å². The third-order valence-electron chi connectivity index (χ3n) is 1.47. The number of nitrogens with one attached hydrogen (secondary N) is 2. The maximum atomic E-state index is 10.8. The summed E-state index contributed by atoms with van der Waals surface area (Å²) in [5.74, 6) is -0.429. The smallest absolute Gasteiger partial charge is 0.257 e. The summed E-state index contributed by atoms with van der Waals surface area (Å²) >= 11 is 0. The van der Waals surface area contributed by atoms with Crippen molar-refractivity contribution in [2.45, 2.75) is 0 Å². The highest BCUT2D eigenvalue weighted by atomic mass is 16.2. The maximum absolute atomic E-state index is 10.8. The summed E-state index contributed by atoms with van der Waals surface area (Å²) in [6.45, 7) is 0. The second-order valence-corrected chi connectivity index (χ2v) is 2.06. The van der Waals surface area contributed by atoms with Gasteiger partial charge in [-0.3, -0.25) is 9.59 Å². The second-order valence-electron chi connectivity index (χ2n) is 2.06. The SMILES string of the molecule is O=C1NC=C2C(=O)NC=C12. The molecule has 0 aliphatic carbocycles. The first-order valence-electron chi connectivity index (χ1n) is 2.81. The van der Waals surface area contributed by atoms with Crippen LogP contribution in [0.1, 0.15) is 0 Å². The molecule has 2 heterocycles. The summed E-state index contributed by atoms with van der Waals surface area (Å²) in [7, 11) is 0. The molecule has 4 nitrogen and oxygen atoms in total. The van der Waals surface area contributed by atoms with Crippen molar-refractivity contribution < 1.29 is 9.59 Å². The molecule has 2 aliphatic heterocycles. The Bertz CT molecular complexity index is 258. The molecule has 2 N–H and O–H groups in total. The van der Waals surface area contributed by atoms with Crippen molar-refractivity contribution in [3.63, 3.8) is 0 Å². The lowest BCUT2D eigenvalue weighted by Crippen LogP contribution is -2.13. The van der Waals surface area contributed by atoms with Gasteiger partial charge in [0.2, 0.25) is 0 Å². The second kappa shape index (κ2) is 1.47. The van der Waals surface area contributed by atoms with E-state index in [2.05, 4.69) is 10.6 Å². The van der Waals surface area contributed by atoms with Gasteiger partial charge in [0, 0.05) is 12.4 Å². The fourth-order valence-electron chi connectivity index (χ4n) is 0.962. The van der Waals surface area contributed by atoms with E-state index in [0.29, 0.717) is 11.1 Å². The van der Waals surface area contributed by atoms with Crippen LogP contribution in [0.25, 0.3) is 0 Å². The first-order chi connectivity index (χ1) is 4.79. The Morgan fingerprint density at radius 1 is 0.900 bits per heavy atom. The molecule has 2 amide bonds. The lowest BCUT2D eigenvalue weighted by atomic mass is 10.2. The fraction of sp³-hybridized carbons (Fsp3) is 0.